The summed E-state index contributed by atoms with van der Waals surface area (Å²) in [6.45, 7) is 0.290. The van der Waals surface area contributed by atoms with Gasteiger partial charge in [0.05, 0.1) is 23.3 Å². The predicted octanol–water partition coefficient (Wildman–Crippen LogP) is 5.86. The molecular formula is C26H21ClN2O5S. The lowest BCUT2D eigenvalue weighted by atomic mass is 10.2. The Labute approximate surface area is 211 Å². The van der Waals surface area contributed by atoms with Gasteiger partial charge in [0.1, 0.15) is 6.61 Å². The molecule has 7 nitrogen and oxygen atoms in total. The molecule has 0 saturated carbocycles. The lowest BCUT2D eigenvalue weighted by Gasteiger charge is -2.12. The quantitative estimate of drug-likeness (QED) is 0.402. The number of nitrogens with zero attached hydrogens (tertiary/aromatic N) is 2. The first kappa shape index (κ1) is 24.4. The number of carbonyl (C=O) groups is 2. The molecule has 178 valence electrons. The van der Waals surface area contributed by atoms with Crippen LogP contribution >= 0.6 is 23.4 Å². The van der Waals surface area contributed by atoms with Crippen molar-refractivity contribution in [3.05, 3.63) is 93.3 Å². The van der Waals surface area contributed by atoms with Gasteiger partial charge in [-0.15, -0.1) is 0 Å². The number of ether oxygens (including phenoxy) is 2. The molecule has 35 heavy (non-hydrogen) atoms. The summed E-state index contributed by atoms with van der Waals surface area (Å²) in [4.78, 5) is 30.4. The second-order valence-corrected chi connectivity index (χ2v) is 8.93. The molecule has 1 fully saturated rings. The van der Waals surface area contributed by atoms with Gasteiger partial charge in [-0.2, -0.15) is 0 Å². The Hall–Kier alpha value is -3.75. The Bertz CT molecular complexity index is 1360. The van der Waals surface area contributed by atoms with Gasteiger partial charge in [0, 0.05) is 17.6 Å². The van der Waals surface area contributed by atoms with E-state index < -0.39 is 5.97 Å². The highest BCUT2D eigenvalue weighted by Gasteiger charge is 2.30. The van der Waals surface area contributed by atoms with Crippen LogP contribution in [0.4, 0.5) is 5.69 Å². The van der Waals surface area contributed by atoms with Gasteiger partial charge < -0.3 is 14.6 Å². The van der Waals surface area contributed by atoms with Crippen molar-refractivity contribution >= 4 is 52.2 Å². The van der Waals surface area contributed by atoms with E-state index in [1.54, 1.807) is 50.6 Å². The Balaban J connectivity index is 1.54. The first-order valence-corrected chi connectivity index (χ1v) is 11.7. The summed E-state index contributed by atoms with van der Waals surface area (Å²) in [5.41, 5.74) is 2.20. The minimum atomic E-state index is -1.04. The maximum atomic E-state index is 12.8. The maximum absolute atomic E-state index is 12.8. The maximum Gasteiger partial charge on any atom is 0.335 e. The van der Waals surface area contributed by atoms with E-state index in [0.29, 0.717) is 38.9 Å². The Morgan fingerprint density at radius 3 is 2.66 bits per heavy atom. The first-order valence-electron chi connectivity index (χ1n) is 10.5. The number of carboxylic acid groups (broad SMARTS) is 1. The summed E-state index contributed by atoms with van der Waals surface area (Å²) < 4.78 is 11.4. The molecule has 3 aromatic rings. The van der Waals surface area contributed by atoms with Crippen LogP contribution in [0.25, 0.3) is 6.08 Å². The molecular weight excluding hydrogens is 488 g/mol. The van der Waals surface area contributed by atoms with Crippen molar-refractivity contribution < 1.29 is 24.2 Å². The van der Waals surface area contributed by atoms with Crippen molar-refractivity contribution in [3.63, 3.8) is 0 Å². The van der Waals surface area contributed by atoms with Gasteiger partial charge >= 0.3 is 5.97 Å². The number of thioether (sulfide) groups is 1. The van der Waals surface area contributed by atoms with Crippen LogP contribution in [0.1, 0.15) is 21.5 Å². The number of aromatic carboxylic acids is 1. The zero-order chi connectivity index (χ0) is 24.9. The van der Waals surface area contributed by atoms with E-state index in [1.807, 2.05) is 24.3 Å². The third-order valence-electron chi connectivity index (χ3n) is 5.15. The summed E-state index contributed by atoms with van der Waals surface area (Å²) in [6, 6.07) is 19.1. The van der Waals surface area contributed by atoms with Crippen LogP contribution in [0.15, 0.2) is 76.6 Å². The molecule has 0 unspecified atom stereocenters. The molecule has 0 aliphatic carbocycles. The van der Waals surface area contributed by atoms with Crippen LogP contribution in [-0.4, -0.2) is 41.2 Å². The first-order chi connectivity index (χ1) is 16.9. The number of benzene rings is 3. The molecule has 1 aliphatic heterocycles. The second kappa shape index (κ2) is 10.7. The number of carboxylic acids is 1. The molecule has 0 atom stereocenters. The van der Waals surface area contributed by atoms with Gasteiger partial charge in [0.15, 0.2) is 16.7 Å². The van der Waals surface area contributed by atoms with Crippen molar-refractivity contribution in [1.29, 1.82) is 0 Å². The van der Waals surface area contributed by atoms with E-state index in [0.717, 1.165) is 11.1 Å². The highest BCUT2D eigenvalue weighted by molar-refractivity contribution is 8.18. The van der Waals surface area contributed by atoms with E-state index in [9.17, 15) is 14.7 Å². The van der Waals surface area contributed by atoms with Crippen molar-refractivity contribution in [2.24, 2.45) is 4.99 Å². The Kier molecular flexibility index (Phi) is 7.43. The lowest BCUT2D eigenvalue weighted by molar-refractivity contribution is -0.121. The smallest absolute Gasteiger partial charge is 0.335 e. The van der Waals surface area contributed by atoms with Gasteiger partial charge in [-0.05, 0) is 59.8 Å². The number of amides is 1. The van der Waals surface area contributed by atoms with E-state index in [1.165, 1.54) is 28.8 Å². The molecule has 0 radical (unpaired) electrons. The molecule has 4 rings (SSSR count). The minimum absolute atomic E-state index is 0.128. The zero-order valence-electron chi connectivity index (χ0n) is 18.9. The molecule has 1 amide bonds. The Morgan fingerprint density at radius 1 is 1.11 bits per heavy atom. The average Bonchev–Trinajstić information content (AvgIpc) is 3.11. The van der Waals surface area contributed by atoms with Crippen LogP contribution < -0.4 is 9.47 Å². The summed E-state index contributed by atoms with van der Waals surface area (Å²) >= 11 is 7.41. The molecule has 1 heterocycles. The average molecular weight is 509 g/mol. The van der Waals surface area contributed by atoms with Crippen molar-refractivity contribution in [3.8, 4) is 11.5 Å². The van der Waals surface area contributed by atoms with Crippen LogP contribution in [0, 0.1) is 0 Å². The molecule has 0 spiro atoms. The van der Waals surface area contributed by atoms with Crippen LogP contribution in [0.2, 0.25) is 5.02 Å². The zero-order valence-corrected chi connectivity index (χ0v) is 20.5. The van der Waals surface area contributed by atoms with Gasteiger partial charge in [-0.1, -0.05) is 41.9 Å². The monoisotopic (exact) mass is 508 g/mol. The minimum Gasteiger partial charge on any atom is -0.493 e. The highest BCUT2D eigenvalue weighted by Crippen LogP contribution is 2.35. The SMILES string of the molecule is COc1cc(/C=C2/SC(=Nc3cccc(C(=O)O)c3)N(C)C2=O)ccc1OCc1ccccc1Cl. The van der Waals surface area contributed by atoms with Crippen molar-refractivity contribution in [1.82, 2.24) is 4.90 Å². The van der Waals surface area contributed by atoms with Crippen LogP contribution in [0.5, 0.6) is 11.5 Å². The number of hydrogen-bond acceptors (Lipinski definition) is 6. The standard InChI is InChI=1S/C26H21ClN2O5S/c1-29-24(30)23(35-26(29)28-19-8-5-7-17(14-19)25(31)32)13-16-10-11-21(22(12-16)33-2)34-15-18-6-3-4-9-20(18)27/h3-14H,15H2,1-2H3,(H,31,32)/b23-13+,28-26?. The molecule has 1 aliphatic rings. The van der Waals surface area contributed by atoms with E-state index >= 15 is 0 Å². The van der Waals surface area contributed by atoms with E-state index in [2.05, 4.69) is 4.99 Å². The molecule has 9 heteroatoms. The van der Waals surface area contributed by atoms with Gasteiger partial charge in [0.25, 0.3) is 5.91 Å². The summed E-state index contributed by atoms with van der Waals surface area (Å²) in [6.07, 6.45) is 1.75. The van der Waals surface area contributed by atoms with Crippen LogP contribution in [-0.2, 0) is 11.4 Å². The van der Waals surface area contributed by atoms with Crippen molar-refractivity contribution in [2.75, 3.05) is 14.2 Å². The number of likely N-dealkylation sites (N-methyl/N-ethyl adjacent to an activating group) is 1. The molecule has 1 N–H and O–H groups in total. The second-order valence-electron chi connectivity index (χ2n) is 7.52. The van der Waals surface area contributed by atoms with Gasteiger partial charge in [0.2, 0.25) is 0 Å². The van der Waals surface area contributed by atoms with Crippen molar-refractivity contribution in [2.45, 2.75) is 6.61 Å². The molecule has 0 aromatic heterocycles. The summed E-state index contributed by atoms with van der Waals surface area (Å²) in [7, 11) is 3.18. The largest absolute Gasteiger partial charge is 0.493 e. The van der Waals surface area contributed by atoms with E-state index in [4.69, 9.17) is 21.1 Å². The van der Waals surface area contributed by atoms with Crippen LogP contribution in [0.3, 0.4) is 0 Å². The van der Waals surface area contributed by atoms with Gasteiger partial charge in [-0.25, -0.2) is 9.79 Å². The third-order valence-corrected chi connectivity index (χ3v) is 6.58. The number of amidine groups is 1. The predicted molar refractivity (Wildman–Crippen MR) is 138 cm³/mol. The number of carbonyl (C=O) groups excluding carboxylic acids is 1. The number of halogens is 1. The third kappa shape index (κ3) is 5.67. The molecule has 3 aromatic carbocycles. The fraction of sp³-hybridized carbons (Fsp3) is 0.115. The summed E-state index contributed by atoms with van der Waals surface area (Å²) in [5, 5.41) is 10.3. The lowest BCUT2D eigenvalue weighted by Crippen LogP contribution is -2.23. The fourth-order valence-electron chi connectivity index (χ4n) is 3.29. The topological polar surface area (TPSA) is 88.4 Å². The Morgan fingerprint density at radius 2 is 1.91 bits per heavy atom. The molecule has 1 saturated heterocycles. The number of hydrogen-bond donors (Lipinski definition) is 1. The summed E-state index contributed by atoms with van der Waals surface area (Å²) in [5.74, 6) is -0.169. The fourth-order valence-corrected chi connectivity index (χ4v) is 4.46. The van der Waals surface area contributed by atoms with E-state index in [-0.39, 0.29) is 11.5 Å². The number of rotatable bonds is 7. The van der Waals surface area contributed by atoms with Gasteiger partial charge in [-0.3, -0.25) is 9.69 Å². The molecule has 0 bridgehead atoms. The highest BCUT2D eigenvalue weighted by atomic mass is 35.5. The number of aliphatic imine (C=N–C) groups is 1. The normalized spacial score (nSPS) is 15.6. The number of methoxy groups -OCH3 is 1.